The third-order valence-electron chi connectivity index (χ3n) is 4.54. The molecule has 0 saturated heterocycles. The normalized spacial score (nSPS) is 11.6. The first kappa shape index (κ1) is 15.0. The van der Waals surface area contributed by atoms with Crippen molar-refractivity contribution in [2.45, 2.75) is 32.6 Å². The first-order valence-electron chi connectivity index (χ1n) is 7.42. The molecule has 0 aliphatic rings. The van der Waals surface area contributed by atoms with Gasteiger partial charge in [-0.2, -0.15) is 0 Å². The minimum Gasteiger partial charge on any atom is -0.264 e. The predicted molar refractivity (Wildman–Crippen MR) is 97.5 cm³/mol. The Morgan fingerprint density at radius 1 is 1.00 bits per heavy atom. The summed E-state index contributed by atoms with van der Waals surface area (Å²) >= 11 is 0. The molecule has 0 fully saturated rings. The lowest BCUT2D eigenvalue weighted by molar-refractivity contribution is 0.511. The van der Waals surface area contributed by atoms with Gasteiger partial charge in [-0.1, -0.05) is 62.0 Å². The van der Waals surface area contributed by atoms with Crippen LogP contribution in [0.25, 0.3) is 11.3 Å². The van der Waals surface area contributed by atoms with Crippen molar-refractivity contribution in [1.82, 2.24) is 4.98 Å². The summed E-state index contributed by atoms with van der Waals surface area (Å²) in [5, 5.41) is 0. The molecule has 100 valence electrons. The Morgan fingerprint density at radius 2 is 1.60 bits per heavy atom. The average molecular weight is 261 g/mol. The number of aromatic nitrogens is 1. The van der Waals surface area contributed by atoms with E-state index in [0.717, 1.165) is 12.1 Å². The molecule has 1 aromatic heterocycles. The van der Waals surface area contributed by atoms with Crippen LogP contribution in [-0.4, -0.2) is 28.5 Å². The Kier molecular flexibility index (Phi) is 4.13. The van der Waals surface area contributed by atoms with Crippen molar-refractivity contribution in [2.75, 3.05) is 0 Å². The van der Waals surface area contributed by atoms with Gasteiger partial charge in [0, 0.05) is 0 Å². The van der Waals surface area contributed by atoms with Crippen molar-refractivity contribution >= 4 is 40.1 Å². The number of hydrogen-bond donors (Lipinski definition) is 0. The molecule has 0 unspecified atom stereocenters. The van der Waals surface area contributed by atoms with E-state index in [1.807, 2.05) is 6.07 Å². The molecule has 0 aliphatic carbocycles. The van der Waals surface area contributed by atoms with Crippen LogP contribution >= 0.6 is 0 Å². The van der Waals surface area contributed by atoms with Crippen LogP contribution in [0, 0.1) is 0 Å². The lowest BCUT2D eigenvalue weighted by atomic mass is 9.66. The summed E-state index contributed by atoms with van der Waals surface area (Å²) in [6, 6.07) is 10.5. The zero-order chi connectivity index (χ0) is 14.9. The fourth-order valence-corrected chi connectivity index (χ4v) is 3.00. The van der Waals surface area contributed by atoms with E-state index in [0.29, 0.717) is 0 Å². The van der Waals surface area contributed by atoms with Crippen LogP contribution in [0.15, 0.2) is 30.3 Å². The van der Waals surface area contributed by atoms with E-state index in [-0.39, 0.29) is 5.41 Å². The van der Waals surface area contributed by atoms with Gasteiger partial charge in [-0.3, -0.25) is 4.98 Å². The van der Waals surface area contributed by atoms with Crippen LogP contribution in [0.5, 0.6) is 0 Å². The zero-order valence-corrected chi connectivity index (χ0v) is 13.5. The van der Waals surface area contributed by atoms with Crippen LogP contribution in [0.2, 0.25) is 0 Å². The number of rotatable bonds is 3. The summed E-state index contributed by atoms with van der Waals surface area (Å²) in [5.74, 6) is 0. The standard InChI is InChI=1S/C16H22B3N/c1-4-16(2,3)11-12(17)13(18)14(20-15(11)19)10-8-6-5-7-9-10/h5-9H,4,17-19H2,1-3H3. The van der Waals surface area contributed by atoms with Gasteiger partial charge in [0.1, 0.15) is 15.7 Å². The summed E-state index contributed by atoms with van der Waals surface area (Å²) in [5.41, 5.74) is 7.78. The minimum absolute atomic E-state index is 0.182. The molecule has 0 bridgehead atoms. The fraction of sp³-hybridized carbons (Fsp3) is 0.312. The third kappa shape index (κ3) is 2.56. The molecule has 0 aliphatic heterocycles. The SMILES string of the molecule is Bc1nc(-c2ccccc2)c(B)c(B)c1C(C)(C)CC. The highest BCUT2D eigenvalue weighted by Crippen LogP contribution is 2.23. The first-order valence-corrected chi connectivity index (χ1v) is 7.42. The molecular formula is C16H22B3N. The summed E-state index contributed by atoms with van der Waals surface area (Å²) in [7, 11) is 6.58. The highest BCUT2D eigenvalue weighted by atomic mass is 14.7. The second-order valence-corrected chi connectivity index (χ2v) is 6.27. The van der Waals surface area contributed by atoms with E-state index in [9.17, 15) is 0 Å². The molecule has 0 N–H and O–H groups in total. The van der Waals surface area contributed by atoms with Crippen molar-refractivity contribution in [3.63, 3.8) is 0 Å². The Hall–Kier alpha value is -1.44. The lowest BCUT2D eigenvalue weighted by Gasteiger charge is -2.29. The molecule has 0 amide bonds. The summed E-state index contributed by atoms with van der Waals surface area (Å²) < 4.78 is 0. The molecular weight excluding hydrogens is 239 g/mol. The molecule has 1 aromatic carbocycles. The van der Waals surface area contributed by atoms with Gasteiger partial charge < -0.3 is 0 Å². The van der Waals surface area contributed by atoms with Crippen molar-refractivity contribution in [1.29, 1.82) is 0 Å². The van der Waals surface area contributed by atoms with E-state index in [2.05, 4.69) is 68.6 Å². The van der Waals surface area contributed by atoms with E-state index in [1.54, 1.807) is 0 Å². The Balaban J connectivity index is 2.67. The smallest absolute Gasteiger partial charge is 0.164 e. The molecule has 4 heteroatoms. The first-order chi connectivity index (χ1) is 9.38. The Labute approximate surface area is 125 Å². The number of benzene rings is 1. The second kappa shape index (κ2) is 5.51. The molecule has 0 spiro atoms. The zero-order valence-electron chi connectivity index (χ0n) is 13.5. The molecule has 0 saturated carbocycles. The van der Waals surface area contributed by atoms with E-state index >= 15 is 0 Å². The van der Waals surface area contributed by atoms with Gasteiger partial charge in [0.2, 0.25) is 0 Å². The van der Waals surface area contributed by atoms with Crippen LogP contribution in [0.1, 0.15) is 32.8 Å². The van der Waals surface area contributed by atoms with Crippen molar-refractivity contribution in [3.8, 4) is 11.3 Å². The van der Waals surface area contributed by atoms with Gasteiger partial charge in [-0.15, -0.1) is 0 Å². The van der Waals surface area contributed by atoms with Gasteiger partial charge in [0.15, 0.2) is 7.85 Å². The second-order valence-electron chi connectivity index (χ2n) is 6.27. The number of hydrogen-bond acceptors (Lipinski definition) is 1. The minimum atomic E-state index is 0.182. The number of pyridine rings is 1. The van der Waals surface area contributed by atoms with E-state index < -0.39 is 0 Å². The van der Waals surface area contributed by atoms with Crippen LogP contribution in [-0.2, 0) is 5.41 Å². The van der Waals surface area contributed by atoms with Gasteiger partial charge in [0.25, 0.3) is 0 Å². The topological polar surface area (TPSA) is 12.9 Å². The average Bonchev–Trinajstić information content (AvgIpc) is 2.43. The molecule has 2 rings (SSSR count). The summed E-state index contributed by atoms with van der Waals surface area (Å²) in [6.45, 7) is 6.87. The largest absolute Gasteiger partial charge is 0.264 e. The van der Waals surface area contributed by atoms with E-state index in [4.69, 9.17) is 4.98 Å². The highest BCUT2D eigenvalue weighted by Gasteiger charge is 2.24. The Morgan fingerprint density at radius 3 is 2.15 bits per heavy atom. The molecule has 1 heterocycles. The van der Waals surface area contributed by atoms with Gasteiger partial charge in [0.05, 0.1) is 5.69 Å². The lowest BCUT2D eigenvalue weighted by Crippen LogP contribution is -2.44. The van der Waals surface area contributed by atoms with Crippen molar-refractivity contribution in [2.24, 2.45) is 0 Å². The molecule has 0 atom stereocenters. The van der Waals surface area contributed by atoms with Crippen molar-refractivity contribution < 1.29 is 0 Å². The summed E-state index contributed by atoms with van der Waals surface area (Å²) in [4.78, 5) is 4.92. The maximum atomic E-state index is 4.92. The highest BCUT2D eigenvalue weighted by molar-refractivity contribution is 6.52. The monoisotopic (exact) mass is 261 g/mol. The van der Waals surface area contributed by atoms with Gasteiger partial charge in [-0.25, -0.2) is 0 Å². The molecule has 20 heavy (non-hydrogen) atoms. The molecule has 2 aromatic rings. The van der Waals surface area contributed by atoms with Gasteiger partial charge in [-0.05, 0) is 28.6 Å². The van der Waals surface area contributed by atoms with Crippen LogP contribution < -0.4 is 16.5 Å². The Bertz CT molecular complexity index is 621. The quantitative estimate of drug-likeness (QED) is 0.660. The summed E-state index contributed by atoms with van der Waals surface area (Å²) in [6.07, 6.45) is 1.13. The third-order valence-corrected chi connectivity index (χ3v) is 4.54. The molecule has 0 radical (unpaired) electrons. The van der Waals surface area contributed by atoms with Crippen LogP contribution in [0.3, 0.4) is 0 Å². The van der Waals surface area contributed by atoms with Crippen molar-refractivity contribution in [3.05, 3.63) is 35.9 Å². The maximum Gasteiger partial charge on any atom is 0.164 e. The predicted octanol–water partition coefficient (Wildman–Crippen LogP) is -0.789. The van der Waals surface area contributed by atoms with E-state index in [1.165, 1.54) is 27.6 Å². The van der Waals surface area contributed by atoms with Crippen LogP contribution in [0.4, 0.5) is 0 Å². The molecule has 1 nitrogen and oxygen atoms in total. The maximum absolute atomic E-state index is 4.92. The van der Waals surface area contributed by atoms with Gasteiger partial charge >= 0.3 is 0 Å². The fourth-order valence-electron chi connectivity index (χ4n) is 3.00. The number of nitrogens with zero attached hydrogens (tertiary/aromatic N) is 1.